The van der Waals surface area contributed by atoms with Gasteiger partial charge in [0.25, 0.3) is 0 Å². The molecule has 1 N–H and O–H groups in total. The van der Waals surface area contributed by atoms with Crippen LogP contribution in [0.3, 0.4) is 0 Å². The third kappa shape index (κ3) is 8.23. The van der Waals surface area contributed by atoms with E-state index in [1.54, 1.807) is 30.1 Å². The number of fused-ring (bicyclic) bond motifs is 1. The van der Waals surface area contributed by atoms with E-state index in [4.69, 9.17) is 9.47 Å². The topological polar surface area (TPSA) is 105 Å². The molecule has 0 fully saturated rings. The van der Waals surface area contributed by atoms with E-state index in [2.05, 4.69) is 21.2 Å². The minimum Gasteiger partial charge on any atom is -0.486 e. The summed E-state index contributed by atoms with van der Waals surface area (Å²) in [7, 11) is -2.09. The Balaban J connectivity index is 1.55. The number of hydrogen-bond donors (Lipinski definition) is 1. The van der Waals surface area contributed by atoms with Crippen LogP contribution in [0.4, 0.5) is 5.69 Å². The lowest BCUT2D eigenvalue weighted by Crippen LogP contribution is -2.49. The Bertz CT molecular complexity index is 1470. The molecule has 11 heteroatoms. The summed E-state index contributed by atoms with van der Waals surface area (Å²) in [5.74, 6) is 0.523. The lowest BCUT2D eigenvalue weighted by Gasteiger charge is -2.31. The molecule has 1 unspecified atom stereocenters. The van der Waals surface area contributed by atoms with Gasteiger partial charge in [0.15, 0.2) is 11.5 Å². The van der Waals surface area contributed by atoms with E-state index in [0.29, 0.717) is 36.8 Å². The summed E-state index contributed by atoms with van der Waals surface area (Å²) in [6.07, 6.45) is 1.77. The number of likely N-dealkylation sites (N-methyl/N-ethyl adjacent to an activating group) is 1. The van der Waals surface area contributed by atoms with Gasteiger partial charge >= 0.3 is 0 Å². The highest BCUT2D eigenvalue weighted by molar-refractivity contribution is 9.10. The molecule has 1 aliphatic rings. The normalized spacial score (nSPS) is 13.2. The molecule has 41 heavy (non-hydrogen) atoms. The first-order valence-corrected chi connectivity index (χ1v) is 16.0. The van der Waals surface area contributed by atoms with E-state index >= 15 is 0 Å². The SMILES string of the molecule is CNC(=O)C(Cc1ccccc1)N(Cc1cccc(Br)c1)C(=O)CCCN(c1ccc2c(c1)OCCO2)S(C)(=O)=O. The van der Waals surface area contributed by atoms with E-state index in [9.17, 15) is 18.0 Å². The number of hydrogen-bond acceptors (Lipinski definition) is 6. The molecule has 0 spiro atoms. The highest BCUT2D eigenvalue weighted by Gasteiger charge is 2.30. The molecule has 1 aliphatic heterocycles. The fourth-order valence-electron chi connectivity index (χ4n) is 4.74. The molecule has 0 bridgehead atoms. The third-order valence-electron chi connectivity index (χ3n) is 6.73. The summed E-state index contributed by atoms with van der Waals surface area (Å²) >= 11 is 3.48. The van der Waals surface area contributed by atoms with Crippen molar-refractivity contribution in [2.24, 2.45) is 0 Å². The third-order valence-corrected chi connectivity index (χ3v) is 8.41. The van der Waals surface area contributed by atoms with Gasteiger partial charge in [0.2, 0.25) is 21.8 Å². The maximum Gasteiger partial charge on any atom is 0.242 e. The number of carbonyl (C=O) groups is 2. The van der Waals surface area contributed by atoms with Crippen LogP contribution >= 0.6 is 15.9 Å². The van der Waals surface area contributed by atoms with Crippen molar-refractivity contribution in [1.29, 1.82) is 0 Å². The quantitative estimate of drug-likeness (QED) is 0.318. The number of ether oxygens (including phenoxy) is 2. The Morgan fingerprint density at radius 3 is 2.34 bits per heavy atom. The summed E-state index contributed by atoms with van der Waals surface area (Å²) in [5.41, 5.74) is 2.22. The van der Waals surface area contributed by atoms with Gasteiger partial charge in [-0.3, -0.25) is 13.9 Å². The molecular formula is C30H34BrN3O6S. The molecule has 218 valence electrons. The first-order valence-electron chi connectivity index (χ1n) is 13.3. The van der Waals surface area contributed by atoms with Gasteiger partial charge < -0.3 is 19.7 Å². The largest absolute Gasteiger partial charge is 0.486 e. The van der Waals surface area contributed by atoms with E-state index in [-0.39, 0.29) is 37.7 Å². The van der Waals surface area contributed by atoms with Crippen molar-refractivity contribution in [3.05, 3.63) is 88.4 Å². The molecule has 1 atom stereocenters. The second-order valence-corrected chi connectivity index (χ2v) is 12.6. The van der Waals surface area contributed by atoms with E-state index in [1.165, 1.54) is 4.31 Å². The molecule has 0 aliphatic carbocycles. The Labute approximate surface area is 249 Å². The van der Waals surface area contributed by atoms with Gasteiger partial charge in [0, 0.05) is 43.5 Å². The van der Waals surface area contributed by atoms with Crippen LogP contribution in [-0.2, 0) is 32.6 Å². The van der Waals surface area contributed by atoms with Gasteiger partial charge in [-0.05, 0) is 41.8 Å². The fourth-order valence-corrected chi connectivity index (χ4v) is 6.15. The maximum atomic E-state index is 13.8. The predicted molar refractivity (Wildman–Crippen MR) is 162 cm³/mol. The summed E-state index contributed by atoms with van der Waals surface area (Å²) in [6.45, 7) is 1.12. The van der Waals surface area contributed by atoms with Crippen LogP contribution in [0.2, 0.25) is 0 Å². The zero-order valence-electron chi connectivity index (χ0n) is 23.1. The van der Waals surface area contributed by atoms with E-state index < -0.39 is 16.1 Å². The molecule has 4 rings (SSSR count). The number of benzene rings is 3. The molecule has 3 aromatic rings. The molecule has 9 nitrogen and oxygen atoms in total. The minimum absolute atomic E-state index is 0.0485. The number of carbonyl (C=O) groups excluding carboxylic acids is 2. The summed E-state index contributed by atoms with van der Waals surface area (Å²) < 4.78 is 38.8. The van der Waals surface area contributed by atoms with Crippen molar-refractivity contribution in [1.82, 2.24) is 10.2 Å². The number of anilines is 1. The van der Waals surface area contributed by atoms with E-state index in [0.717, 1.165) is 21.9 Å². The smallest absolute Gasteiger partial charge is 0.242 e. The fraction of sp³-hybridized carbons (Fsp3) is 0.333. The number of halogens is 1. The van der Waals surface area contributed by atoms with Crippen LogP contribution in [0.25, 0.3) is 0 Å². The zero-order valence-corrected chi connectivity index (χ0v) is 25.5. The van der Waals surface area contributed by atoms with Gasteiger partial charge in [0.1, 0.15) is 19.3 Å². The van der Waals surface area contributed by atoms with Crippen LogP contribution < -0.4 is 19.1 Å². The van der Waals surface area contributed by atoms with Gasteiger partial charge in [0.05, 0.1) is 11.9 Å². The van der Waals surface area contributed by atoms with Crippen molar-refractivity contribution < 1.29 is 27.5 Å². The number of rotatable bonds is 12. The van der Waals surface area contributed by atoms with Gasteiger partial charge in [-0.15, -0.1) is 0 Å². The van der Waals surface area contributed by atoms with Gasteiger partial charge in [-0.1, -0.05) is 58.4 Å². The van der Waals surface area contributed by atoms with Crippen molar-refractivity contribution in [3.8, 4) is 11.5 Å². The first-order chi connectivity index (χ1) is 19.7. The van der Waals surface area contributed by atoms with Crippen LogP contribution in [0.1, 0.15) is 24.0 Å². The Morgan fingerprint density at radius 1 is 0.951 bits per heavy atom. The average Bonchev–Trinajstić information content (AvgIpc) is 2.96. The number of nitrogens with one attached hydrogen (secondary N) is 1. The molecule has 0 aromatic heterocycles. The summed E-state index contributed by atoms with van der Waals surface area (Å²) in [4.78, 5) is 28.5. The second kappa shape index (κ2) is 13.9. The molecule has 2 amide bonds. The zero-order chi connectivity index (χ0) is 29.4. The van der Waals surface area contributed by atoms with Crippen LogP contribution in [0, 0.1) is 0 Å². The molecule has 0 saturated carbocycles. The van der Waals surface area contributed by atoms with Crippen LogP contribution in [0.5, 0.6) is 11.5 Å². The molecule has 1 heterocycles. The van der Waals surface area contributed by atoms with Crippen molar-refractivity contribution in [2.75, 3.05) is 37.4 Å². The minimum atomic E-state index is -3.65. The average molecular weight is 645 g/mol. The van der Waals surface area contributed by atoms with Gasteiger partial charge in [-0.2, -0.15) is 0 Å². The van der Waals surface area contributed by atoms with E-state index in [1.807, 2.05) is 54.6 Å². The number of nitrogens with zero attached hydrogens (tertiary/aromatic N) is 2. The van der Waals surface area contributed by atoms with Crippen LogP contribution in [0.15, 0.2) is 77.3 Å². The van der Waals surface area contributed by atoms with Crippen molar-refractivity contribution in [3.63, 3.8) is 0 Å². The molecule has 0 radical (unpaired) electrons. The Kier molecular flexibility index (Phi) is 10.3. The van der Waals surface area contributed by atoms with Crippen molar-refractivity contribution >= 4 is 43.5 Å². The highest BCUT2D eigenvalue weighted by Crippen LogP contribution is 2.35. The molecular weight excluding hydrogens is 610 g/mol. The number of amides is 2. The Morgan fingerprint density at radius 2 is 1.66 bits per heavy atom. The molecule has 0 saturated heterocycles. The highest BCUT2D eigenvalue weighted by atomic mass is 79.9. The summed E-state index contributed by atoms with van der Waals surface area (Å²) in [5, 5.41) is 2.71. The number of sulfonamides is 1. The first kappa shape index (κ1) is 30.4. The van der Waals surface area contributed by atoms with Gasteiger partial charge in [-0.25, -0.2) is 8.42 Å². The second-order valence-electron chi connectivity index (χ2n) is 9.74. The maximum absolute atomic E-state index is 13.8. The Hall–Kier alpha value is -3.57. The van der Waals surface area contributed by atoms with Crippen LogP contribution in [-0.4, -0.2) is 64.2 Å². The molecule has 3 aromatic carbocycles. The lowest BCUT2D eigenvalue weighted by molar-refractivity contribution is -0.141. The predicted octanol–water partition coefficient (Wildman–Crippen LogP) is 4.15. The monoisotopic (exact) mass is 643 g/mol. The summed E-state index contributed by atoms with van der Waals surface area (Å²) in [6, 6.07) is 21.4. The lowest BCUT2D eigenvalue weighted by atomic mass is 10.0. The van der Waals surface area contributed by atoms with Crippen molar-refractivity contribution in [2.45, 2.75) is 31.8 Å². The standard InChI is InChI=1S/C30H34BrN3O6S/c1-32-30(36)26(19-22-8-4-3-5-9-22)33(21-23-10-6-11-24(31)18-23)29(35)12-7-15-34(41(2,37)38)25-13-14-27-28(20-25)40-17-16-39-27/h3-6,8-11,13-14,18,20,26H,7,12,15-17,19,21H2,1-2H3,(H,32,36).